The lowest BCUT2D eigenvalue weighted by Gasteiger charge is -2.26. The summed E-state index contributed by atoms with van der Waals surface area (Å²) >= 11 is 7.37. The third-order valence-electron chi connectivity index (χ3n) is 3.61. The van der Waals surface area contributed by atoms with Gasteiger partial charge in [-0.1, -0.05) is 18.0 Å². The fourth-order valence-corrected chi connectivity index (χ4v) is 3.30. The molecule has 0 spiro atoms. The summed E-state index contributed by atoms with van der Waals surface area (Å²) in [6, 6.07) is 7.58. The summed E-state index contributed by atoms with van der Waals surface area (Å²) < 4.78 is 0. The summed E-state index contributed by atoms with van der Waals surface area (Å²) in [5, 5.41) is 3.71. The van der Waals surface area contributed by atoms with Gasteiger partial charge in [-0.2, -0.15) is 0 Å². The van der Waals surface area contributed by atoms with Gasteiger partial charge in [0.25, 0.3) is 0 Å². The molecule has 1 heterocycles. The topological polar surface area (TPSA) is 32.3 Å². The lowest BCUT2D eigenvalue weighted by atomic mass is 10.1. The summed E-state index contributed by atoms with van der Waals surface area (Å²) in [7, 11) is 0. The predicted molar refractivity (Wildman–Crippen MR) is 90.1 cm³/mol. The van der Waals surface area contributed by atoms with Crippen molar-refractivity contribution in [1.29, 1.82) is 0 Å². The molecule has 1 aromatic carbocycles. The van der Waals surface area contributed by atoms with Gasteiger partial charge in [0.05, 0.1) is 5.75 Å². The average molecular weight is 327 g/mol. The molecule has 0 radical (unpaired) electrons. The molecule has 0 saturated carbocycles. The summed E-state index contributed by atoms with van der Waals surface area (Å²) in [6.07, 6.45) is 5.06. The van der Waals surface area contributed by atoms with Gasteiger partial charge in [0.1, 0.15) is 0 Å². The lowest BCUT2D eigenvalue weighted by molar-refractivity contribution is -0.118. The molecule has 1 aliphatic heterocycles. The van der Waals surface area contributed by atoms with E-state index >= 15 is 0 Å². The van der Waals surface area contributed by atoms with Crippen LogP contribution in [0.15, 0.2) is 29.2 Å². The monoisotopic (exact) mass is 326 g/mol. The van der Waals surface area contributed by atoms with E-state index in [1.807, 2.05) is 24.3 Å². The van der Waals surface area contributed by atoms with Crippen molar-refractivity contribution < 1.29 is 4.79 Å². The number of hydrogen-bond donors (Lipinski definition) is 1. The van der Waals surface area contributed by atoms with Gasteiger partial charge in [-0.15, -0.1) is 11.8 Å². The van der Waals surface area contributed by atoms with Crippen LogP contribution in [0.2, 0.25) is 5.02 Å². The van der Waals surface area contributed by atoms with E-state index in [2.05, 4.69) is 10.2 Å². The van der Waals surface area contributed by atoms with Crippen LogP contribution >= 0.6 is 23.4 Å². The van der Waals surface area contributed by atoms with Crippen molar-refractivity contribution in [3.05, 3.63) is 29.3 Å². The predicted octanol–water partition coefficient (Wildman–Crippen LogP) is 3.42. The SMILES string of the molecule is O=C(CSc1ccc(Cl)cc1)NCCCN1CCCCC1. The molecule has 2 rings (SSSR count). The van der Waals surface area contributed by atoms with Gasteiger partial charge in [0.15, 0.2) is 0 Å². The van der Waals surface area contributed by atoms with Gasteiger partial charge in [0.2, 0.25) is 5.91 Å². The zero-order valence-electron chi connectivity index (χ0n) is 12.3. The van der Waals surface area contributed by atoms with Crippen molar-refractivity contribution in [2.45, 2.75) is 30.6 Å². The van der Waals surface area contributed by atoms with Crippen molar-refractivity contribution in [3.63, 3.8) is 0 Å². The maximum Gasteiger partial charge on any atom is 0.230 e. The minimum absolute atomic E-state index is 0.105. The van der Waals surface area contributed by atoms with Crippen LogP contribution in [-0.2, 0) is 4.79 Å². The Balaban J connectivity index is 1.54. The first kappa shape index (κ1) is 16.7. The Morgan fingerprint density at radius 1 is 1.19 bits per heavy atom. The van der Waals surface area contributed by atoms with Crippen molar-refractivity contribution in [3.8, 4) is 0 Å². The number of halogens is 1. The maximum absolute atomic E-state index is 11.8. The van der Waals surface area contributed by atoms with E-state index in [4.69, 9.17) is 11.6 Å². The van der Waals surface area contributed by atoms with E-state index in [1.54, 1.807) is 11.8 Å². The molecule has 0 aromatic heterocycles. The fraction of sp³-hybridized carbons (Fsp3) is 0.562. The molecule has 1 N–H and O–H groups in total. The maximum atomic E-state index is 11.8. The molecular formula is C16H23ClN2OS. The molecule has 1 saturated heterocycles. The van der Waals surface area contributed by atoms with Crippen LogP contribution in [-0.4, -0.2) is 42.7 Å². The number of hydrogen-bond acceptors (Lipinski definition) is 3. The molecule has 21 heavy (non-hydrogen) atoms. The highest BCUT2D eigenvalue weighted by Gasteiger charge is 2.09. The highest BCUT2D eigenvalue weighted by molar-refractivity contribution is 8.00. The van der Waals surface area contributed by atoms with Crippen LogP contribution in [0.1, 0.15) is 25.7 Å². The number of likely N-dealkylation sites (tertiary alicyclic amines) is 1. The number of amides is 1. The minimum atomic E-state index is 0.105. The van der Waals surface area contributed by atoms with E-state index in [1.165, 1.54) is 32.4 Å². The molecule has 0 bridgehead atoms. The molecular weight excluding hydrogens is 304 g/mol. The molecule has 0 aliphatic carbocycles. The molecule has 1 fully saturated rings. The first-order valence-corrected chi connectivity index (χ1v) is 8.98. The zero-order valence-corrected chi connectivity index (χ0v) is 13.9. The number of nitrogens with zero attached hydrogens (tertiary/aromatic N) is 1. The molecule has 1 amide bonds. The van der Waals surface area contributed by atoms with Crippen molar-refractivity contribution >= 4 is 29.3 Å². The lowest BCUT2D eigenvalue weighted by Crippen LogP contribution is -2.33. The van der Waals surface area contributed by atoms with E-state index in [-0.39, 0.29) is 5.91 Å². The number of piperidine rings is 1. The second-order valence-corrected chi connectivity index (χ2v) is 6.83. The van der Waals surface area contributed by atoms with Gasteiger partial charge in [-0.3, -0.25) is 4.79 Å². The summed E-state index contributed by atoms with van der Waals surface area (Å²) in [4.78, 5) is 15.3. The Bertz CT molecular complexity index is 432. The van der Waals surface area contributed by atoms with Crippen LogP contribution in [0.5, 0.6) is 0 Å². The smallest absolute Gasteiger partial charge is 0.230 e. The van der Waals surface area contributed by atoms with E-state index in [0.717, 1.165) is 29.4 Å². The summed E-state index contributed by atoms with van der Waals surface area (Å²) in [5.74, 6) is 0.569. The van der Waals surface area contributed by atoms with Gasteiger partial charge >= 0.3 is 0 Å². The molecule has 1 aliphatic rings. The largest absolute Gasteiger partial charge is 0.355 e. The highest BCUT2D eigenvalue weighted by atomic mass is 35.5. The number of benzene rings is 1. The number of thioether (sulfide) groups is 1. The normalized spacial score (nSPS) is 15.9. The fourth-order valence-electron chi connectivity index (χ4n) is 2.44. The van der Waals surface area contributed by atoms with Gasteiger partial charge in [-0.05, 0) is 63.2 Å². The summed E-state index contributed by atoms with van der Waals surface area (Å²) in [6.45, 7) is 4.32. The van der Waals surface area contributed by atoms with Crippen molar-refractivity contribution in [2.24, 2.45) is 0 Å². The molecule has 1 aromatic rings. The van der Waals surface area contributed by atoms with Crippen LogP contribution in [0.25, 0.3) is 0 Å². The Hall–Kier alpha value is -0.710. The average Bonchev–Trinajstić information content (AvgIpc) is 2.52. The first-order valence-electron chi connectivity index (χ1n) is 7.61. The van der Waals surface area contributed by atoms with Crippen LogP contribution < -0.4 is 5.32 Å². The molecule has 0 atom stereocenters. The van der Waals surface area contributed by atoms with Crippen molar-refractivity contribution in [2.75, 3.05) is 31.9 Å². The number of nitrogens with one attached hydrogen (secondary N) is 1. The van der Waals surface area contributed by atoms with Crippen LogP contribution in [0.4, 0.5) is 0 Å². The molecule has 0 unspecified atom stereocenters. The molecule has 3 nitrogen and oxygen atoms in total. The Kier molecular flexibility index (Phi) is 7.41. The third kappa shape index (κ3) is 6.72. The quantitative estimate of drug-likeness (QED) is 0.615. The minimum Gasteiger partial charge on any atom is -0.355 e. The van der Waals surface area contributed by atoms with E-state index < -0.39 is 0 Å². The second kappa shape index (κ2) is 9.34. The van der Waals surface area contributed by atoms with Gasteiger partial charge in [-0.25, -0.2) is 0 Å². The molecule has 5 heteroatoms. The number of carbonyl (C=O) groups excluding carboxylic acids is 1. The Morgan fingerprint density at radius 3 is 2.62 bits per heavy atom. The standard InChI is InChI=1S/C16H23ClN2OS/c17-14-5-7-15(8-6-14)21-13-16(20)18-9-4-12-19-10-2-1-3-11-19/h5-8H,1-4,9-13H2,(H,18,20). The summed E-state index contributed by atoms with van der Waals surface area (Å²) in [5.41, 5.74) is 0. The van der Waals surface area contributed by atoms with Crippen molar-refractivity contribution in [1.82, 2.24) is 10.2 Å². The highest BCUT2D eigenvalue weighted by Crippen LogP contribution is 2.19. The first-order chi connectivity index (χ1) is 10.2. The van der Waals surface area contributed by atoms with Gasteiger partial charge < -0.3 is 10.2 Å². The Morgan fingerprint density at radius 2 is 1.90 bits per heavy atom. The van der Waals surface area contributed by atoms with Crippen LogP contribution in [0, 0.1) is 0 Å². The van der Waals surface area contributed by atoms with E-state index in [9.17, 15) is 4.79 Å². The van der Waals surface area contributed by atoms with E-state index in [0.29, 0.717) is 5.75 Å². The second-order valence-electron chi connectivity index (χ2n) is 5.35. The number of carbonyl (C=O) groups is 1. The van der Waals surface area contributed by atoms with Gasteiger partial charge in [0, 0.05) is 16.5 Å². The third-order valence-corrected chi connectivity index (χ3v) is 4.87. The van der Waals surface area contributed by atoms with Crippen LogP contribution in [0.3, 0.4) is 0 Å². The molecule has 116 valence electrons. The Labute approximate surface area is 136 Å². The zero-order chi connectivity index (χ0) is 14.9. The number of rotatable bonds is 7.